The van der Waals surface area contributed by atoms with Crippen molar-refractivity contribution >= 4 is 17.5 Å². The Morgan fingerprint density at radius 3 is 2.33 bits per heavy atom. The van der Waals surface area contributed by atoms with Crippen molar-refractivity contribution in [3.8, 4) is 0 Å². The second kappa shape index (κ2) is 8.29. The number of carbonyl (C=O) groups excluding carboxylic acids is 2. The third kappa shape index (κ3) is 4.69. The molecule has 0 aliphatic heterocycles. The number of amides is 2. The van der Waals surface area contributed by atoms with Gasteiger partial charge in [-0.1, -0.05) is 55.0 Å². The molecule has 4 nitrogen and oxygen atoms in total. The highest BCUT2D eigenvalue weighted by Gasteiger charge is 2.17. The number of aryl methyl sites for hydroxylation is 2. The molecule has 0 atom stereocenters. The second-order valence-electron chi connectivity index (χ2n) is 5.85. The van der Waals surface area contributed by atoms with Gasteiger partial charge >= 0.3 is 0 Å². The van der Waals surface area contributed by atoms with E-state index in [-0.39, 0.29) is 18.4 Å². The van der Waals surface area contributed by atoms with Gasteiger partial charge in [0.1, 0.15) is 6.54 Å². The summed E-state index contributed by atoms with van der Waals surface area (Å²) >= 11 is 0. The van der Waals surface area contributed by atoms with Crippen molar-refractivity contribution in [1.82, 2.24) is 5.32 Å². The largest absolute Gasteiger partial charge is 0.350 e. The Labute approximate surface area is 143 Å². The standard InChI is InChI=1S/C20H24N2O2/c1-4-18-7-5-6-8-19(18)22(16(3)23)14-20(24)21-13-17-11-9-15(2)10-12-17/h5-12H,4,13-14H2,1-3H3,(H,21,24). The minimum atomic E-state index is -0.170. The van der Waals surface area contributed by atoms with Crippen LogP contribution in [0.2, 0.25) is 0 Å². The molecular formula is C20H24N2O2. The molecule has 0 unspecified atom stereocenters. The van der Waals surface area contributed by atoms with Crippen LogP contribution in [0.5, 0.6) is 0 Å². The molecular weight excluding hydrogens is 300 g/mol. The van der Waals surface area contributed by atoms with E-state index in [9.17, 15) is 9.59 Å². The Bertz CT molecular complexity index is 708. The molecule has 2 rings (SSSR count). The summed E-state index contributed by atoms with van der Waals surface area (Å²) < 4.78 is 0. The van der Waals surface area contributed by atoms with Crippen LogP contribution in [0, 0.1) is 6.92 Å². The maximum absolute atomic E-state index is 12.3. The van der Waals surface area contributed by atoms with Gasteiger partial charge in [0.05, 0.1) is 0 Å². The predicted molar refractivity (Wildman–Crippen MR) is 96.9 cm³/mol. The molecule has 2 aromatic rings. The van der Waals surface area contributed by atoms with Gasteiger partial charge in [-0.25, -0.2) is 0 Å². The molecule has 1 N–H and O–H groups in total. The van der Waals surface area contributed by atoms with Crippen LogP contribution in [-0.4, -0.2) is 18.4 Å². The molecule has 0 aromatic heterocycles. The Morgan fingerprint density at radius 1 is 1.04 bits per heavy atom. The van der Waals surface area contributed by atoms with E-state index in [1.807, 2.05) is 62.4 Å². The number of rotatable bonds is 6. The number of nitrogens with one attached hydrogen (secondary N) is 1. The minimum Gasteiger partial charge on any atom is -0.350 e. The summed E-state index contributed by atoms with van der Waals surface area (Å²) in [4.78, 5) is 25.8. The smallest absolute Gasteiger partial charge is 0.240 e. The number of nitrogens with zero attached hydrogens (tertiary/aromatic N) is 1. The first-order chi connectivity index (χ1) is 11.5. The molecule has 0 bridgehead atoms. The van der Waals surface area contributed by atoms with Gasteiger partial charge in [-0.3, -0.25) is 9.59 Å². The molecule has 0 aliphatic carbocycles. The number of carbonyl (C=O) groups is 2. The number of hydrogen-bond acceptors (Lipinski definition) is 2. The highest BCUT2D eigenvalue weighted by Crippen LogP contribution is 2.21. The Hall–Kier alpha value is -2.62. The van der Waals surface area contributed by atoms with Crippen LogP contribution in [0.15, 0.2) is 48.5 Å². The van der Waals surface area contributed by atoms with E-state index in [0.29, 0.717) is 6.54 Å². The van der Waals surface area contributed by atoms with Gasteiger partial charge in [-0.2, -0.15) is 0 Å². The van der Waals surface area contributed by atoms with Crippen molar-refractivity contribution in [2.75, 3.05) is 11.4 Å². The lowest BCUT2D eigenvalue weighted by Gasteiger charge is -2.23. The third-order valence-electron chi connectivity index (χ3n) is 3.96. The van der Waals surface area contributed by atoms with Crippen molar-refractivity contribution < 1.29 is 9.59 Å². The molecule has 0 spiro atoms. The first-order valence-corrected chi connectivity index (χ1v) is 8.19. The van der Waals surface area contributed by atoms with Crippen molar-refractivity contribution in [2.45, 2.75) is 33.7 Å². The van der Waals surface area contributed by atoms with Crippen LogP contribution in [0.3, 0.4) is 0 Å². The van der Waals surface area contributed by atoms with Crippen molar-refractivity contribution in [2.24, 2.45) is 0 Å². The van der Waals surface area contributed by atoms with Crippen LogP contribution < -0.4 is 10.2 Å². The zero-order chi connectivity index (χ0) is 17.5. The van der Waals surface area contributed by atoms with Gasteiger partial charge in [-0.05, 0) is 30.5 Å². The molecule has 24 heavy (non-hydrogen) atoms. The number of benzene rings is 2. The maximum Gasteiger partial charge on any atom is 0.240 e. The summed E-state index contributed by atoms with van der Waals surface area (Å²) in [6, 6.07) is 15.7. The summed E-state index contributed by atoms with van der Waals surface area (Å²) in [6.45, 7) is 6.03. The van der Waals surface area contributed by atoms with Gasteiger partial charge in [0.2, 0.25) is 11.8 Å². The zero-order valence-electron chi connectivity index (χ0n) is 14.5. The van der Waals surface area contributed by atoms with Crippen molar-refractivity contribution in [3.05, 3.63) is 65.2 Å². The lowest BCUT2D eigenvalue weighted by molar-refractivity contribution is -0.123. The Balaban J connectivity index is 2.03. The van der Waals surface area contributed by atoms with E-state index in [4.69, 9.17) is 0 Å². The molecule has 2 amide bonds. The second-order valence-corrected chi connectivity index (χ2v) is 5.85. The van der Waals surface area contributed by atoms with Gasteiger partial charge in [-0.15, -0.1) is 0 Å². The molecule has 0 fully saturated rings. The molecule has 0 saturated carbocycles. The highest BCUT2D eigenvalue weighted by atomic mass is 16.2. The number of anilines is 1. The molecule has 2 aromatic carbocycles. The molecule has 126 valence electrons. The summed E-state index contributed by atoms with van der Waals surface area (Å²) in [5, 5.41) is 2.88. The fourth-order valence-electron chi connectivity index (χ4n) is 2.55. The van der Waals surface area contributed by atoms with Crippen molar-refractivity contribution in [3.63, 3.8) is 0 Å². The van der Waals surface area contributed by atoms with Crippen LogP contribution in [0.1, 0.15) is 30.5 Å². The Morgan fingerprint density at radius 2 is 1.71 bits per heavy atom. The monoisotopic (exact) mass is 324 g/mol. The van der Waals surface area contributed by atoms with E-state index in [1.54, 1.807) is 0 Å². The molecule has 0 saturated heterocycles. The van der Waals surface area contributed by atoms with E-state index in [2.05, 4.69) is 5.32 Å². The van der Waals surface area contributed by atoms with Gasteiger partial charge in [0.15, 0.2) is 0 Å². The van der Waals surface area contributed by atoms with Crippen LogP contribution in [-0.2, 0) is 22.6 Å². The number of para-hydroxylation sites is 1. The minimum absolute atomic E-state index is 0.0260. The number of hydrogen-bond donors (Lipinski definition) is 1. The zero-order valence-corrected chi connectivity index (χ0v) is 14.5. The summed E-state index contributed by atoms with van der Waals surface area (Å²) in [6.07, 6.45) is 0.810. The average Bonchev–Trinajstić information content (AvgIpc) is 2.59. The van der Waals surface area contributed by atoms with E-state index in [0.717, 1.165) is 23.2 Å². The summed E-state index contributed by atoms with van der Waals surface area (Å²) in [5.41, 5.74) is 4.08. The topological polar surface area (TPSA) is 49.4 Å². The van der Waals surface area contributed by atoms with Crippen molar-refractivity contribution in [1.29, 1.82) is 0 Å². The highest BCUT2D eigenvalue weighted by molar-refractivity contribution is 5.98. The summed E-state index contributed by atoms with van der Waals surface area (Å²) in [5.74, 6) is -0.307. The van der Waals surface area contributed by atoms with Gasteiger partial charge in [0.25, 0.3) is 0 Å². The fourth-order valence-corrected chi connectivity index (χ4v) is 2.55. The van der Waals surface area contributed by atoms with Gasteiger partial charge < -0.3 is 10.2 Å². The predicted octanol–water partition coefficient (Wildman–Crippen LogP) is 3.23. The third-order valence-corrected chi connectivity index (χ3v) is 3.96. The quantitative estimate of drug-likeness (QED) is 0.887. The van der Waals surface area contributed by atoms with Crippen LogP contribution in [0.25, 0.3) is 0 Å². The van der Waals surface area contributed by atoms with E-state index in [1.165, 1.54) is 17.4 Å². The van der Waals surface area contributed by atoms with Crippen LogP contribution >= 0.6 is 0 Å². The lowest BCUT2D eigenvalue weighted by atomic mass is 10.1. The Kier molecular flexibility index (Phi) is 6.13. The van der Waals surface area contributed by atoms with Gasteiger partial charge in [0, 0.05) is 19.2 Å². The van der Waals surface area contributed by atoms with Crippen LogP contribution in [0.4, 0.5) is 5.69 Å². The SMILES string of the molecule is CCc1ccccc1N(CC(=O)NCc1ccc(C)cc1)C(C)=O. The molecule has 0 aliphatic rings. The molecule has 0 radical (unpaired) electrons. The van der Waals surface area contributed by atoms with E-state index < -0.39 is 0 Å². The first kappa shape index (κ1) is 17.7. The molecule has 4 heteroatoms. The average molecular weight is 324 g/mol. The lowest BCUT2D eigenvalue weighted by Crippen LogP contribution is -2.40. The fraction of sp³-hybridized carbons (Fsp3) is 0.300. The first-order valence-electron chi connectivity index (χ1n) is 8.19. The van der Waals surface area contributed by atoms with E-state index >= 15 is 0 Å². The summed E-state index contributed by atoms with van der Waals surface area (Å²) in [7, 11) is 0. The molecule has 0 heterocycles. The normalized spacial score (nSPS) is 10.3. The maximum atomic E-state index is 12.3.